The average molecular weight is 276 g/mol. The topological polar surface area (TPSA) is 85.7 Å². The van der Waals surface area contributed by atoms with E-state index < -0.39 is 0 Å². The molecule has 3 N–H and O–H groups in total. The smallest absolute Gasteiger partial charge is 0.173 e. The van der Waals surface area contributed by atoms with Crippen molar-refractivity contribution in [1.29, 1.82) is 0 Å². The minimum atomic E-state index is 0.0301. The van der Waals surface area contributed by atoms with E-state index in [1.807, 2.05) is 16.8 Å². The van der Waals surface area contributed by atoms with Crippen molar-refractivity contribution in [1.82, 2.24) is 9.78 Å². The molecule has 0 aliphatic heterocycles. The number of nitrogens with two attached hydrogens (primary N) is 1. The standard InChI is InChI=1S/C14H20N4O2/c1-3-4-5-6-18-12-8-13(20-2)11(14(15)17-19)7-10(12)9-16-18/h7-9,19H,3-6H2,1-2H3,(H2,15,17). The lowest BCUT2D eigenvalue weighted by molar-refractivity contribution is 0.318. The molecule has 6 nitrogen and oxygen atoms in total. The van der Waals surface area contributed by atoms with Crippen molar-refractivity contribution in [3.05, 3.63) is 23.9 Å². The van der Waals surface area contributed by atoms with Crippen LogP contribution in [0, 0.1) is 0 Å². The molecular weight excluding hydrogens is 256 g/mol. The van der Waals surface area contributed by atoms with Gasteiger partial charge in [0.15, 0.2) is 5.84 Å². The maximum atomic E-state index is 8.82. The fourth-order valence-electron chi connectivity index (χ4n) is 2.22. The summed E-state index contributed by atoms with van der Waals surface area (Å²) in [5, 5.41) is 17.2. The average Bonchev–Trinajstić information content (AvgIpc) is 2.87. The number of benzene rings is 1. The van der Waals surface area contributed by atoms with Crippen molar-refractivity contribution < 1.29 is 9.94 Å². The van der Waals surface area contributed by atoms with E-state index in [-0.39, 0.29) is 5.84 Å². The highest BCUT2D eigenvalue weighted by molar-refractivity contribution is 6.03. The molecule has 0 aliphatic carbocycles. The summed E-state index contributed by atoms with van der Waals surface area (Å²) in [4.78, 5) is 0. The second-order valence-electron chi connectivity index (χ2n) is 4.67. The number of nitrogens with zero attached hydrogens (tertiary/aromatic N) is 3. The lowest BCUT2D eigenvalue weighted by atomic mass is 10.1. The van der Waals surface area contributed by atoms with Gasteiger partial charge in [-0.25, -0.2) is 0 Å². The van der Waals surface area contributed by atoms with E-state index in [0.29, 0.717) is 11.3 Å². The summed E-state index contributed by atoms with van der Waals surface area (Å²) in [5.74, 6) is 0.604. The SMILES string of the molecule is CCCCCn1ncc2cc(C(N)=NO)c(OC)cc21. The summed E-state index contributed by atoms with van der Waals surface area (Å²) in [6.07, 6.45) is 5.24. The molecule has 0 bridgehead atoms. The molecule has 1 heterocycles. The van der Waals surface area contributed by atoms with E-state index in [0.717, 1.165) is 23.9 Å². The number of oxime groups is 1. The van der Waals surface area contributed by atoms with Crippen LogP contribution in [0.15, 0.2) is 23.5 Å². The predicted molar refractivity (Wildman–Crippen MR) is 78.3 cm³/mol. The Kier molecular flexibility index (Phi) is 4.45. The zero-order valence-electron chi connectivity index (χ0n) is 11.8. The largest absolute Gasteiger partial charge is 0.496 e. The number of unbranched alkanes of at least 4 members (excludes halogenated alkanes) is 2. The van der Waals surface area contributed by atoms with Crippen LogP contribution >= 0.6 is 0 Å². The van der Waals surface area contributed by atoms with Gasteiger partial charge in [-0.05, 0) is 12.5 Å². The van der Waals surface area contributed by atoms with Crippen LogP contribution < -0.4 is 10.5 Å². The van der Waals surface area contributed by atoms with Gasteiger partial charge < -0.3 is 15.7 Å². The van der Waals surface area contributed by atoms with Gasteiger partial charge in [0.25, 0.3) is 0 Å². The molecule has 1 aromatic heterocycles. The fourth-order valence-corrected chi connectivity index (χ4v) is 2.22. The highest BCUT2D eigenvalue weighted by Crippen LogP contribution is 2.26. The Bertz CT molecular complexity index is 619. The second kappa shape index (κ2) is 6.27. The van der Waals surface area contributed by atoms with Gasteiger partial charge >= 0.3 is 0 Å². The van der Waals surface area contributed by atoms with Gasteiger partial charge in [0, 0.05) is 18.0 Å². The Hall–Kier alpha value is -2.24. The Balaban J connectivity index is 2.42. The summed E-state index contributed by atoms with van der Waals surface area (Å²) in [5.41, 5.74) is 7.22. The van der Waals surface area contributed by atoms with E-state index in [2.05, 4.69) is 17.2 Å². The fraction of sp³-hybridized carbons (Fsp3) is 0.429. The molecule has 108 valence electrons. The highest BCUT2D eigenvalue weighted by Gasteiger charge is 2.12. The van der Waals surface area contributed by atoms with Gasteiger partial charge in [-0.15, -0.1) is 0 Å². The first-order valence-corrected chi connectivity index (χ1v) is 6.72. The van der Waals surface area contributed by atoms with E-state index in [1.54, 1.807) is 13.3 Å². The van der Waals surface area contributed by atoms with Crippen molar-refractivity contribution >= 4 is 16.7 Å². The van der Waals surface area contributed by atoms with Gasteiger partial charge in [-0.3, -0.25) is 4.68 Å². The highest BCUT2D eigenvalue weighted by atomic mass is 16.5. The summed E-state index contributed by atoms with van der Waals surface area (Å²) >= 11 is 0. The van der Waals surface area contributed by atoms with E-state index in [4.69, 9.17) is 15.7 Å². The zero-order chi connectivity index (χ0) is 14.5. The van der Waals surface area contributed by atoms with E-state index in [9.17, 15) is 0 Å². The van der Waals surface area contributed by atoms with Crippen LogP contribution in [0.1, 0.15) is 31.7 Å². The summed E-state index contributed by atoms with van der Waals surface area (Å²) in [6.45, 7) is 3.05. The number of hydrogen-bond donors (Lipinski definition) is 2. The van der Waals surface area contributed by atoms with Gasteiger partial charge in [-0.2, -0.15) is 5.10 Å². The number of rotatable bonds is 6. The lowest BCUT2D eigenvalue weighted by Gasteiger charge is -2.09. The van der Waals surface area contributed by atoms with Crippen LogP contribution in [0.25, 0.3) is 10.9 Å². The van der Waals surface area contributed by atoms with Gasteiger partial charge in [0.1, 0.15) is 5.75 Å². The van der Waals surface area contributed by atoms with Crippen LogP contribution in [-0.2, 0) is 6.54 Å². The van der Waals surface area contributed by atoms with Crippen LogP contribution in [0.2, 0.25) is 0 Å². The zero-order valence-corrected chi connectivity index (χ0v) is 11.8. The number of aromatic nitrogens is 2. The molecule has 2 rings (SSSR count). The molecule has 0 spiro atoms. The molecule has 6 heteroatoms. The molecule has 0 saturated carbocycles. The third-order valence-electron chi connectivity index (χ3n) is 3.32. The Morgan fingerprint density at radius 1 is 1.45 bits per heavy atom. The Morgan fingerprint density at radius 3 is 2.90 bits per heavy atom. The maximum absolute atomic E-state index is 8.82. The molecule has 0 unspecified atom stereocenters. The molecule has 20 heavy (non-hydrogen) atoms. The molecule has 2 aromatic rings. The minimum absolute atomic E-state index is 0.0301. The van der Waals surface area contributed by atoms with Crippen molar-refractivity contribution in [3.63, 3.8) is 0 Å². The summed E-state index contributed by atoms with van der Waals surface area (Å²) in [7, 11) is 1.56. The predicted octanol–water partition coefficient (Wildman–Crippen LogP) is 2.33. The molecule has 0 radical (unpaired) electrons. The molecule has 0 aliphatic rings. The molecule has 0 atom stereocenters. The minimum Gasteiger partial charge on any atom is -0.496 e. The quantitative estimate of drug-likeness (QED) is 0.279. The molecule has 0 fully saturated rings. The number of methoxy groups -OCH3 is 1. The van der Waals surface area contributed by atoms with Crippen LogP contribution in [0.5, 0.6) is 5.75 Å². The monoisotopic (exact) mass is 276 g/mol. The molecule has 0 amide bonds. The number of amidine groups is 1. The van der Waals surface area contributed by atoms with Crippen LogP contribution in [-0.4, -0.2) is 27.9 Å². The number of hydrogen-bond acceptors (Lipinski definition) is 4. The van der Waals surface area contributed by atoms with E-state index >= 15 is 0 Å². The van der Waals surface area contributed by atoms with E-state index in [1.165, 1.54) is 12.8 Å². The first-order valence-electron chi connectivity index (χ1n) is 6.72. The van der Waals surface area contributed by atoms with Crippen molar-refractivity contribution in [2.24, 2.45) is 10.9 Å². The Morgan fingerprint density at radius 2 is 2.25 bits per heavy atom. The van der Waals surface area contributed by atoms with Gasteiger partial charge in [-0.1, -0.05) is 24.9 Å². The number of aryl methyl sites for hydroxylation is 1. The number of fused-ring (bicyclic) bond motifs is 1. The summed E-state index contributed by atoms with van der Waals surface area (Å²) < 4.78 is 7.28. The third-order valence-corrected chi connectivity index (χ3v) is 3.32. The summed E-state index contributed by atoms with van der Waals surface area (Å²) in [6, 6.07) is 3.70. The second-order valence-corrected chi connectivity index (χ2v) is 4.67. The molecule has 1 aromatic carbocycles. The first kappa shape index (κ1) is 14.2. The lowest BCUT2D eigenvalue weighted by Crippen LogP contribution is -2.14. The van der Waals surface area contributed by atoms with Crippen LogP contribution in [0.3, 0.4) is 0 Å². The van der Waals surface area contributed by atoms with Gasteiger partial charge in [0.2, 0.25) is 0 Å². The normalized spacial score (nSPS) is 12.0. The Labute approximate surface area is 117 Å². The van der Waals surface area contributed by atoms with Crippen molar-refractivity contribution in [2.75, 3.05) is 7.11 Å². The van der Waals surface area contributed by atoms with Crippen LogP contribution in [0.4, 0.5) is 0 Å². The van der Waals surface area contributed by atoms with Gasteiger partial charge in [0.05, 0.1) is 24.4 Å². The van der Waals surface area contributed by atoms with Crippen molar-refractivity contribution in [3.8, 4) is 5.75 Å². The first-order chi connectivity index (χ1) is 9.71. The maximum Gasteiger partial charge on any atom is 0.173 e. The molecule has 0 saturated heterocycles. The number of ether oxygens (including phenoxy) is 1. The molecular formula is C14H20N4O2. The van der Waals surface area contributed by atoms with Crippen molar-refractivity contribution in [2.45, 2.75) is 32.7 Å². The third kappa shape index (κ3) is 2.68.